The molecule has 1 amide bonds. The fourth-order valence-corrected chi connectivity index (χ4v) is 2.75. The Morgan fingerprint density at radius 2 is 2.13 bits per heavy atom. The minimum atomic E-state index is -0.272. The Morgan fingerprint density at radius 1 is 1.30 bits per heavy atom. The van der Waals surface area contributed by atoms with Gasteiger partial charge in [-0.15, -0.1) is 0 Å². The summed E-state index contributed by atoms with van der Waals surface area (Å²) in [5, 5.41) is 5.24. The van der Waals surface area contributed by atoms with E-state index in [9.17, 15) is 4.79 Å². The molecule has 3 rings (SSSR count). The summed E-state index contributed by atoms with van der Waals surface area (Å²) in [6, 6.07) is 11.6. The fourth-order valence-electron chi connectivity index (χ4n) is 2.75. The number of fused-ring (bicyclic) bond motifs is 1. The molecule has 2 aromatic heterocycles. The van der Waals surface area contributed by atoms with Crippen molar-refractivity contribution in [3.8, 4) is 0 Å². The third-order valence-electron chi connectivity index (χ3n) is 3.88. The molecule has 3 aromatic rings. The van der Waals surface area contributed by atoms with Crippen LogP contribution in [0.15, 0.2) is 53.9 Å². The average molecular weight is 306 g/mol. The number of aromatic nitrogens is 2. The van der Waals surface area contributed by atoms with Crippen LogP contribution in [0.5, 0.6) is 0 Å². The number of hydrazone groups is 1. The number of pyridine rings is 1. The molecule has 0 unspecified atom stereocenters. The number of carbonyl (C=O) groups is 1. The van der Waals surface area contributed by atoms with Gasteiger partial charge in [0.25, 0.3) is 5.91 Å². The zero-order valence-electron chi connectivity index (χ0n) is 13.2. The van der Waals surface area contributed by atoms with Crippen LogP contribution < -0.4 is 5.43 Å². The summed E-state index contributed by atoms with van der Waals surface area (Å²) < 4.78 is 2.24. The molecule has 0 saturated heterocycles. The Balaban J connectivity index is 1.87. The number of carbonyl (C=O) groups excluding carboxylic acids is 1. The molecule has 0 radical (unpaired) electrons. The van der Waals surface area contributed by atoms with Crippen molar-refractivity contribution < 1.29 is 4.79 Å². The molecule has 5 heteroatoms. The van der Waals surface area contributed by atoms with Gasteiger partial charge in [0.05, 0.1) is 11.8 Å². The predicted octanol–water partition coefficient (Wildman–Crippen LogP) is 3.13. The van der Waals surface area contributed by atoms with Crippen LogP contribution in [0.2, 0.25) is 0 Å². The van der Waals surface area contributed by atoms with Crippen molar-refractivity contribution in [1.82, 2.24) is 15.0 Å². The van der Waals surface area contributed by atoms with E-state index in [0.29, 0.717) is 5.56 Å². The molecule has 0 spiro atoms. The van der Waals surface area contributed by atoms with Crippen LogP contribution in [0.4, 0.5) is 0 Å². The summed E-state index contributed by atoms with van der Waals surface area (Å²) in [6.45, 7) is 5.07. The second-order valence-corrected chi connectivity index (χ2v) is 5.20. The maximum Gasteiger partial charge on any atom is 0.272 e. The summed E-state index contributed by atoms with van der Waals surface area (Å²) in [7, 11) is 0. The predicted molar refractivity (Wildman–Crippen MR) is 91.6 cm³/mol. The van der Waals surface area contributed by atoms with Gasteiger partial charge in [0.2, 0.25) is 0 Å². The van der Waals surface area contributed by atoms with Crippen LogP contribution >= 0.6 is 0 Å². The van der Waals surface area contributed by atoms with Gasteiger partial charge in [0.15, 0.2) is 0 Å². The highest BCUT2D eigenvalue weighted by Gasteiger charge is 2.11. The molecule has 1 N–H and O–H groups in total. The first-order valence-electron chi connectivity index (χ1n) is 7.53. The van der Waals surface area contributed by atoms with Gasteiger partial charge in [0, 0.05) is 41.1 Å². The van der Waals surface area contributed by atoms with Crippen LogP contribution in [0, 0.1) is 6.92 Å². The maximum absolute atomic E-state index is 12.0. The molecule has 0 bridgehead atoms. The topological polar surface area (TPSA) is 59.3 Å². The lowest BCUT2D eigenvalue weighted by atomic mass is 10.1. The highest BCUT2D eigenvalue weighted by molar-refractivity contribution is 6.02. The standard InChI is InChI=1S/C18H18N4O/c1-3-22-13(2)16(15-8-4-5-9-17(15)22)12-20-21-18(23)14-7-6-10-19-11-14/h4-12H,3H2,1-2H3,(H,21,23)/b20-12+. The Labute approximate surface area is 134 Å². The second-order valence-electron chi connectivity index (χ2n) is 5.20. The second kappa shape index (κ2) is 6.44. The van der Waals surface area contributed by atoms with E-state index in [0.717, 1.165) is 23.2 Å². The van der Waals surface area contributed by atoms with Gasteiger partial charge in [-0.25, -0.2) is 5.43 Å². The molecule has 0 atom stereocenters. The number of aryl methyl sites for hydroxylation is 1. The van der Waals surface area contributed by atoms with Crippen molar-refractivity contribution in [2.45, 2.75) is 20.4 Å². The smallest absolute Gasteiger partial charge is 0.272 e. The van der Waals surface area contributed by atoms with E-state index in [4.69, 9.17) is 0 Å². The van der Waals surface area contributed by atoms with Gasteiger partial charge in [-0.3, -0.25) is 9.78 Å². The highest BCUT2D eigenvalue weighted by atomic mass is 16.2. The molecule has 0 aliphatic carbocycles. The monoisotopic (exact) mass is 306 g/mol. The maximum atomic E-state index is 12.0. The van der Waals surface area contributed by atoms with Crippen LogP contribution in [0.1, 0.15) is 28.5 Å². The molecular weight excluding hydrogens is 288 g/mol. The van der Waals surface area contributed by atoms with Gasteiger partial charge in [-0.2, -0.15) is 5.10 Å². The zero-order valence-corrected chi connectivity index (χ0v) is 13.2. The van der Waals surface area contributed by atoms with E-state index in [-0.39, 0.29) is 5.91 Å². The summed E-state index contributed by atoms with van der Waals surface area (Å²) in [5.41, 5.74) is 6.36. The van der Waals surface area contributed by atoms with Gasteiger partial charge in [-0.1, -0.05) is 18.2 Å². The number of nitrogens with one attached hydrogen (secondary N) is 1. The van der Waals surface area contributed by atoms with E-state index < -0.39 is 0 Å². The molecule has 1 aromatic carbocycles. The molecule has 0 saturated carbocycles. The Bertz CT molecular complexity index is 865. The lowest BCUT2D eigenvalue weighted by Crippen LogP contribution is -2.17. The number of amides is 1. The van der Waals surface area contributed by atoms with Gasteiger partial charge >= 0.3 is 0 Å². The largest absolute Gasteiger partial charge is 0.344 e. The third-order valence-corrected chi connectivity index (χ3v) is 3.88. The van der Waals surface area contributed by atoms with Crippen LogP contribution in [0.3, 0.4) is 0 Å². The molecule has 0 aliphatic heterocycles. The molecular formula is C18H18N4O. The molecule has 5 nitrogen and oxygen atoms in total. The zero-order chi connectivity index (χ0) is 16.2. The van der Waals surface area contributed by atoms with E-state index in [1.165, 1.54) is 11.7 Å². The lowest BCUT2D eigenvalue weighted by Gasteiger charge is -2.03. The average Bonchev–Trinajstić information content (AvgIpc) is 2.87. The molecule has 116 valence electrons. The van der Waals surface area contributed by atoms with Crippen molar-refractivity contribution in [2.75, 3.05) is 0 Å². The number of nitrogens with zero attached hydrogens (tertiary/aromatic N) is 3. The number of para-hydroxylation sites is 1. The quantitative estimate of drug-likeness (QED) is 0.594. The molecule has 0 fully saturated rings. The number of hydrogen-bond acceptors (Lipinski definition) is 3. The van der Waals surface area contributed by atoms with Crippen LogP contribution in [-0.2, 0) is 6.54 Å². The normalized spacial score (nSPS) is 11.2. The first-order chi connectivity index (χ1) is 11.2. The number of rotatable bonds is 4. The van der Waals surface area contributed by atoms with Crippen LogP contribution in [0.25, 0.3) is 10.9 Å². The minimum absolute atomic E-state index is 0.272. The van der Waals surface area contributed by atoms with E-state index in [1.807, 2.05) is 12.1 Å². The first-order valence-corrected chi connectivity index (χ1v) is 7.53. The van der Waals surface area contributed by atoms with E-state index in [1.54, 1.807) is 24.5 Å². The van der Waals surface area contributed by atoms with Crippen molar-refractivity contribution in [3.63, 3.8) is 0 Å². The lowest BCUT2D eigenvalue weighted by molar-refractivity contribution is 0.0955. The molecule has 2 heterocycles. The van der Waals surface area contributed by atoms with Crippen molar-refractivity contribution in [2.24, 2.45) is 5.10 Å². The number of hydrogen-bond donors (Lipinski definition) is 1. The summed E-state index contributed by atoms with van der Waals surface area (Å²) >= 11 is 0. The first kappa shape index (κ1) is 15.0. The van der Waals surface area contributed by atoms with Gasteiger partial charge < -0.3 is 4.57 Å². The van der Waals surface area contributed by atoms with Crippen molar-refractivity contribution in [1.29, 1.82) is 0 Å². The summed E-state index contributed by atoms with van der Waals surface area (Å²) in [4.78, 5) is 15.9. The van der Waals surface area contributed by atoms with E-state index in [2.05, 4.69) is 46.1 Å². The summed E-state index contributed by atoms with van der Waals surface area (Å²) in [5.74, 6) is -0.272. The van der Waals surface area contributed by atoms with Gasteiger partial charge in [-0.05, 0) is 32.0 Å². The van der Waals surface area contributed by atoms with Crippen molar-refractivity contribution >= 4 is 23.0 Å². The molecule has 23 heavy (non-hydrogen) atoms. The Hall–Kier alpha value is -2.95. The van der Waals surface area contributed by atoms with Crippen LogP contribution in [-0.4, -0.2) is 21.7 Å². The van der Waals surface area contributed by atoms with Crippen molar-refractivity contribution in [3.05, 3.63) is 65.6 Å². The fraction of sp³-hybridized carbons (Fsp3) is 0.167. The number of benzene rings is 1. The third kappa shape index (κ3) is 2.85. The highest BCUT2D eigenvalue weighted by Crippen LogP contribution is 2.24. The van der Waals surface area contributed by atoms with E-state index >= 15 is 0 Å². The SMILES string of the molecule is CCn1c(C)c(/C=N/NC(=O)c2cccnc2)c2ccccc21. The van der Waals surface area contributed by atoms with Gasteiger partial charge in [0.1, 0.15) is 0 Å². The summed E-state index contributed by atoms with van der Waals surface area (Å²) in [6.07, 6.45) is 4.85. The molecule has 0 aliphatic rings. The Kier molecular flexibility index (Phi) is 4.19. The Morgan fingerprint density at radius 3 is 2.87 bits per heavy atom. The minimum Gasteiger partial charge on any atom is -0.344 e.